The summed E-state index contributed by atoms with van der Waals surface area (Å²) in [6, 6.07) is 4.35. The third kappa shape index (κ3) is 3.14. The molecule has 2 aromatic rings. The Labute approximate surface area is 113 Å². The minimum Gasteiger partial charge on any atom is -0.496 e. The van der Waals surface area contributed by atoms with E-state index in [4.69, 9.17) is 9.47 Å². The molecule has 0 bridgehead atoms. The van der Waals surface area contributed by atoms with Crippen molar-refractivity contribution in [2.45, 2.75) is 10.8 Å². The van der Waals surface area contributed by atoms with E-state index >= 15 is 0 Å². The number of nitrogens with zero attached hydrogens (tertiary/aromatic N) is 1. The van der Waals surface area contributed by atoms with Crippen molar-refractivity contribution in [3.8, 4) is 10.9 Å². The molecule has 0 aliphatic carbocycles. The van der Waals surface area contributed by atoms with Crippen LogP contribution >= 0.6 is 23.1 Å². The van der Waals surface area contributed by atoms with Crippen molar-refractivity contribution in [3.63, 3.8) is 0 Å². The highest BCUT2D eigenvalue weighted by Crippen LogP contribution is 2.29. The van der Waals surface area contributed by atoms with Crippen LogP contribution in [0, 0.1) is 5.82 Å². The average Bonchev–Trinajstić information content (AvgIpc) is 2.84. The van der Waals surface area contributed by atoms with Crippen molar-refractivity contribution in [2.24, 2.45) is 0 Å². The smallest absolute Gasteiger partial charge is 0.274 e. The molecule has 0 spiro atoms. The predicted octanol–water partition coefficient (Wildman–Crippen LogP) is 3.59. The third-order valence-electron chi connectivity index (χ3n) is 2.26. The largest absolute Gasteiger partial charge is 0.496 e. The SMILES string of the molecule is COc1ccc(F)cc1COc1ncc(SC)s1. The first-order valence-electron chi connectivity index (χ1n) is 5.18. The summed E-state index contributed by atoms with van der Waals surface area (Å²) >= 11 is 3.08. The normalized spacial score (nSPS) is 10.4. The predicted molar refractivity (Wildman–Crippen MR) is 71.2 cm³/mol. The highest BCUT2D eigenvalue weighted by Gasteiger charge is 2.07. The van der Waals surface area contributed by atoms with Gasteiger partial charge in [0, 0.05) is 5.56 Å². The van der Waals surface area contributed by atoms with Crippen molar-refractivity contribution in [3.05, 3.63) is 35.8 Å². The highest BCUT2D eigenvalue weighted by molar-refractivity contribution is 8.00. The summed E-state index contributed by atoms with van der Waals surface area (Å²) in [5.41, 5.74) is 0.665. The Morgan fingerprint density at radius 1 is 1.44 bits per heavy atom. The van der Waals surface area contributed by atoms with E-state index in [1.807, 2.05) is 6.26 Å². The number of thiazole rings is 1. The van der Waals surface area contributed by atoms with Crippen LogP contribution in [0.1, 0.15) is 5.56 Å². The van der Waals surface area contributed by atoms with Crippen LogP contribution in [0.4, 0.5) is 4.39 Å². The van der Waals surface area contributed by atoms with Gasteiger partial charge < -0.3 is 9.47 Å². The summed E-state index contributed by atoms with van der Waals surface area (Å²) in [5.74, 6) is 0.302. The molecule has 0 amide bonds. The van der Waals surface area contributed by atoms with Crippen LogP contribution in [-0.2, 0) is 6.61 Å². The van der Waals surface area contributed by atoms with Gasteiger partial charge in [0.25, 0.3) is 5.19 Å². The van der Waals surface area contributed by atoms with Gasteiger partial charge in [-0.1, -0.05) is 11.3 Å². The Bertz CT molecular complexity index is 531. The number of aromatic nitrogens is 1. The molecule has 0 unspecified atom stereocenters. The molecule has 1 aromatic heterocycles. The topological polar surface area (TPSA) is 31.4 Å². The lowest BCUT2D eigenvalue weighted by Crippen LogP contribution is -1.99. The Morgan fingerprint density at radius 3 is 2.94 bits per heavy atom. The van der Waals surface area contributed by atoms with Gasteiger partial charge in [-0.3, -0.25) is 0 Å². The van der Waals surface area contributed by atoms with Crippen LogP contribution in [0.25, 0.3) is 0 Å². The van der Waals surface area contributed by atoms with Crippen molar-refractivity contribution in [1.82, 2.24) is 4.98 Å². The molecule has 6 heteroatoms. The third-order valence-corrected chi connectivity index (χ3v) is 4.22. The molecule has 2 rings (SSSR count). The zero-order valence-electron chi connectivity index (χ0n) is 9.97. The Kier molecular flexibility index (Phi) is 4.43. The first-order chi connectivity index (χ1) is 8.72. The van der Waals surface area contributed by atoms with Gasteiger partial charge in [0.1, 0.15) is 18.2 Å². The lowest BCUT2D eigenvalue weighted by Gasteiger charge is -2.08. The lowest BCUT2D eigenvalue weighted by molar-refractivity contribution is 0.294. The number of halogens is 1. The fourth-order valence-corrected chi connectivity index (χ4v) is 2.61. The maximum absolute atomic E-state index is 13.1. The summed E-state index contributed by atoms with van der Waals surface area (Å²) in [5, 5.41) is 0.575. The Balaban J connectivity index is 2.07. The molecule has 0 atom stereocenters. The number of hydrogen-bond donors (Lipinski definition) is 0. The number of ether oxygens (including phenoxy) is 2. The summed E-state index contributed by atoms with van der Waals surface area (Å²) in [4.78, 5) is 4.12. The van der Waals surface area contributed by atoms with Gasteiger partial charge in [0.15, 0.2) is 0 Å². The summed E-state index contributed by atoms with van der Waals surface area (Å²) < 4.78 is 24.9. The van der Waals surface area contributed by atoms with Crippen LogP contribution in [-0.4, -0.2) is 18.3 Å². The van der Waals surface area contributed by atoms with Crippen LogP contribution < -0.4 is 9.47 Å². The first-order valence-corrected chi connectivity index (χ1v) is 7.22. The number of hydrogen-bond acceptors (Lipinski definition) is 5. The zero-order chi connectivity index (χ0) is 13.0. The van der Waals surface area contributed by atoms with Gasteiger partial charge in [0.2, 0.25) is 0 Å². The van der Waals surface area contributed by atoms with Gasteiger partial charge in [-0.15, -0.1) is 11.8 Å². The molecular weight excluding hydrogens is 273 g/mol. The van der Waals surface area contributed by atoms with Gasteiger partial charge in [0.05, 0.1) is 17.5 Å². The van der Waals surface area contributed by atoms with Crippen molar-refractivity contribution in [1.29, 1.82) is 0 Å². The van der Waals surface area contributed by atoms with Crippen LogP contribution in [0.5, 0.6) is 10.9 Å². The maximum Gasteiger partial charge on any atom is 0.274 e. The van der Waals surface area contributed by atoms with Crippen molar-refractivity contribution in [2.75, 3.05) is 13.4 Å². The van der Waals surface area contributed by atoms with Gasteiger partial charge in [-0.2, -0.15) is 0 Å². The molecule has 18 heavy (non-hydrogen) atoms. The fourth-order valence-electron chi connectivity index (χ4n) is 1.40. The van der Waals surface area contributed by atoms with Crippen LogP contribution in [0.15, 0.2) is 28.6 Å². The molecule has 0 fully saturated rings. The molecule has 1 heterocycles. The number of methoxy groups -OCH3 is 1. The van der Waals surface area contributed by atoms with E-state index in [0.29, 0.717) is 16.5 Å². The minimum atomic E-state index is -0.307. The molecule has 0 aliphatic rings. The molecule has 3 nitrogen and oxygen atoms in total. The standard InChI is InChI=1S/C12H12FNO2S2/c1-15-10-4-3-9(13)5-8(10)7-16-12-14-6-11(17-2)18-12/h3-6H,7H2,1-2H3. The number of thioether (sulfide) groups is 1. The molecule has 0 aliphatic heterocycles. The van der Waals surface area contributed by atoms with E-state index in [-0.39, 0.29) is 12.4 Å². The second-order valence-electron chi connectivity index (χ2n) is 3.39. The van der Waals surface area contributed by atoms with E-state index < -0.39 is 0 Å². The van der Waals surface area contributed by atoms with Gasteiger partial charge in [-0.25, -0.2) is 9.37 Å². The van der Waals surface area contributed by atoms with Crippen molar-refractivity contribution >= 4 is 23.1 Å². The van der Waals surface area contributed by atoms with Crippen molar-refractivity contribution < 1.29 is 13.9 Å². The second-order valence-corrected chi connectivity index (χ2v) is 5.49. The summed E-state index contributed by atoms with van der Waals surface area (Å²) in [7, 11) is 1.55. The maximum atomic E-state index is 13.1. The Morgan fingerprint density at radius 2 is 2.28 bits per heavy atom. The van der Waals surface area contributed by atoms with Gasteiger partial charge >= 0.3 is 0 Å². The molecule has 96 valence electrons. The summed E-state index contributed by atoms with van der Waals surface area (Å²) in [6.45, 7) is 0.238. The van der Waals surface area contributed by atoms with Crippen LogP contribution in [0.3, 0.4) is 0 Å². The quantitative estimate of drug-likeness (QED) is 0.786. The second kappa shape index (κ2) is 6.06. The molecular formula is C12H12FNO2S2. The molecule has 0 saturated heterocycles. The molecule has 0 saturated carbocycles. The fraction of sp³-hybridized carbons (Fsp3) is 0.250. The van der Waals surface area contributed by atoms with Gasteiger partial charge in [-0.05, 0) is 24.5 Å². The van der Waals surface area contributed by atoms with E-state index in [0.717, 1.165) is 4.21 Å². The Hall–Kier alpha value is -1.27. The minimum absolute atomic E-state index is 0.238. The first kappa shape index (κ1) is 13.2. The molecule has 0 radical (unpaired) electrons. The number of rotatable bonds is 5. The molecule has 0 N–H and O–H groups in total. The van der Waals surface area contributed by atoms with E-state index in [2.05, 4.69) is 4.98 Å². The monoisotopic (exact) mass is 285 g/mol. The van der Waals surface area contributed by atoms with Crippen LogP contribution in [0.2, 0.25) is 0 Å². The zero-order valence-corrected chi connectivity index (χ0v) is 11.6. The summed E-state index contributed by atoms with van der Waals surface area (Å²) in [6.07, 6.45) is 3.74. The van der Waals surface area contributed by atoms with E-state index in [1.54, 1.807) is 31.1 Å². The molecule has 1 aromatic carbocycles. The average molecular weight is 285 g/mol. The van der Waals surface area contributed by atoms with E-state index in [9.17, 15) is 4.39 Å². The lowest BCUT2D eigenvalue weighted by atomic mass is 10.2. The van der Waals surface area contributed by atoms with E-state index in [1.165, 1.54) is 23.5 Å². The number of benzene rings is 1. The highest BCUT2D eigenvalue weighted by atomic mass is 32.2.